The third-order valence-electron chi connectivity index (χ3n) is 2.80. The molecule has 0 amide bonds. The number of rotatable bonds is 5. The van der Waals surface area contributed by atoms with Crippen LogP contribution in [-0.2, 0) is 0 Å². The van der Waals surface area contributed by atoms with E-state index in [4.69, 9.17) is 9.84 Å². The van der Waals surface area contributed by atoms with Gasteiger partial charge in [0.15, 0.2) is 0 Å². The van der Waals surface area contributed by atoms with Crippen molar-refractivity contribution in [2.75, 3.05) is 13.7 Å². The normalized spacial score (nSPS) is 12.5. The van der Waals surface area contributed by atoms with Crippen LogP contribution in [-0.4, -0.2) is 18.8 Å². The SMILES string of the molecule is COc1cc([C@H](C)CCCO)ccc1C. The maximum atomic E-state index is 8.78. The van der Waals surface area contributed by atoms with Gasteiger partial charge in [0, 0.05) is 6.61 Å². The minimum atomic E-state index is 0.271. The Hall–Kier alpha value is -1.02. The maximum absolute atomic E-state index is 8.78. The molecule has 1 aromatic carbocycles. The molecule has 0 aliphatic carbocycles. The molecule has 0 saturated heterocycles. The van der Waals surface area contributed by atoms with Crippen LogP contribution < -0.4 is 4.74 Å². The molecule has 0 unspecified atom stereocenters. The molecule has 1 rings (SSSR count). The minimum absolute atomic E-state index is 0.271. The number of methoxy groups -OCH3 is 1. The Morgan fingerprint density at radius 3 is 2.73 bits per heavy atom. The fourth-order valence-electron chi connectivity index (χ4n) is 1.71. The fraction of sp³-hybridized carbons (Fsp3) is 0.538. The van der Waals surface area contributed by atoms with Crippen molar-refractivity contribution in [1.82, 2.24) is 0 Å². The first-order valence-electron chi connectivity index (χ1n) is 5.44. The number of aliphatic hydroxyl groups is 1. The first-order chi connectivity index (χ1) is 7.19. The van der Waals surface area contributed by atoms with Gasteiger partial charge in [0.1, 0.15) is 5.75 Å². The van der Waals surface area contributed by atoms with Gasteiger partial charge < -0.3 is 9.84 Å². The summed E-state index contributed by atoms with van der Waals surface area (Å²) in [6, 6.07) is 6.32. The zero-order chi connectivity index (χ0) is 11.3. The Morgan fingerprint density at radius 2 is 2.13 bits per heavy atom. The van der Waals surface area contributed by atoms with Gasteiger partial charge in [-0.15, -0.1) is 0 Å². The molecular weight excluding hydrogens is 188 g/mol. The van der Waals surface area contributed by atoms with Gasteiger partial charge in [-0.1, -0.05) is 19.1 Å². The smallest absolute Gasteiger partial charge is 0.122 e. The van der Waals surface area contributed by atoms with Crippen molar-refractivity contribution in [1.29, 1.82) is 0 Å². The number of ether oxygens (including phenoxy) is 1. The molecule has 0 heterocycles. The molecule has 1 aromatic rings. The lowest BCUT2D eigenvalue weighted by molar-refractivity contribution is 0.280. The molecule has 0 spiro atoms. The minimum Gasteiger partial charge on any atom is -0.496 e. The summed E-state index contributed by atoms with van der Waals surface area (Å²) < 4.78 is 5.29. The summed E-state index contributed by atoms with van der Waals surface area (Å²) >= 11 is 0. The molecule has 15 heavy (non-hydrogen) atoms. The molecule has 0 saturated carbocycles. The van der Waals surface area contributed by atoms with Crippen LogP contribution in [0.15, 0.2) is 18.2 Å². The third-order valence-corrected chi connectivity index (χ3v) is 2.80. The van der Waals surface area contributed by atoms with Gasteiger partial charge in [0.2, 0.25) is 0 Å². The molecule has 0 aliphatic heterocycles. The highest BCUT2D eigenvalue weighted by Gasteiger charge is 2.07. The largest absolute Gasteiger partial charge is 0.496 e. The summed E-state index contributed by atoms with van der Waals surface area (Å²) in [6.07, 6.45) is 1.88. The van der Waals surface area contributed by atoms with Crippen LogP contribution in [0, 0.1) is 6.92 Å². The molecule has 0 fully saturated rings. The standard InChI is InChI=1S/C13H20O2/c1-10(5-4-8-14)12-7-6-11(2)13(9-12)15-3/h6-7,9-10,14H,4-5,8H2,1-3H3/t10-/m1/s1. The average molecular weight is 208 g/mol. The molecule has 0 aromatic heterocycles. The van der Waals surface area contributed by atoms with E-state index in [0.717, 1.165) is 24.2 Å². The maximum Gasteiger partial charge on any atom is 0.122 e. The Balaban J connectivity index is 2.76. The third kappa shape index (κ3) is 3.24. The summed E-state index contributed by atoms with van der Waals surface area (Å²) in [5.74, 6) is 1.43. The lowest BCUT2D eigenvalue weighted by Crippen LogP contribution is -1.97. The molecule has 0 aliphatic rings. The van der Waals surface area contributed by atoms with E-state index in [0.29, 0.717) is 5.92 Å². The van der Waals surface area contributed by atoms with Crippen molar-refractivity contribution in [2.24, 2.45) is 0 Å². The van der Waals surface area contributed by atoms with E-state index < -0.39 is 0 Å². The van der Waals surface area contributed by atoms with Gasteiger partial charge in [-0.3, -0.25) is 0 Å². The van der Waals surface area contributed by atoms with E-state index in [1.807, 2.05) is 6.92 Å². The second kappa shape index (κ2) is 5.76. The van der Waals surface area contributed by atoms with E-state index in [9.17, 15) is 0 Å². The van der Waals surface area contributed by atoms with Gasteiger partial charge in [0.05, 0.1) is 7.11 Å². The number of hydrogen-bond donors (Lipinski definition) is 1. The zero-order valence-electron chi connectivity index (χ0n) is 9.79. The first-order valence-corrected chi connectivity index (χ1v) is 5.44. The second-order valence-corrected chi connectivity index (χ2v) is 4.00. The number of aryl methyl sites for hydroxylation is 1. The molecular formula is C13H20O2. The van der Waals surface area contributed by atoms with Crippen LogP contribution in [0.5, 0.6) is 5.75 Å². The second-order valence-electron chi connectivity index (χ2n) is 4.00. The number of aliphatic hydroxyl groups excluding tert-OH is 1. The van der Waals surface area contributed by atoms with Crippen LogP contribution in [0.1, 0.15) is 36.8 Å². The van der Waals surface area contributed by atoms with Crippen LogP contribution in [0.3, 0.4) is 0 Å². The predicted octanol–water partition coefficient (Wildman–Crippen LogP) is 2.88. The lowest BCUT2D eigenvalue weighted by Gasteiger charge is -2.13. The molecule has 0 radical (unpaired) electrons. The zero-order valence-corrected chi connectivity index (χ0v) is 9.79. The Morgan fingerprint density at radius 1 is 1.40 bits per heavy atom. The number of hydrogen-bond acceptors (Lipinski definition) is 2. The van der Waals surface area contributed by atoms with Gasteiger partial charge in [0.25, 0.3) is 0 Å². The van der Waals surface area contributed by atoms with Crippen LogP contribution in [0.4, 0.5) is 0 Å². The van der Waals surface area contributed by atoms with Crippen LogP contribution >= 0.6 is 0 Å². The predicted molar refractivity (Wildman–Crippen MR) is 62.5 cm³/mol. The topological polar surface area (TPSA) is 29.5 Å². The van der Waals surface area contributed by atoms with E-state index in [2.05, 4.69) is 25.1 Å². The van der Waals surface area contributed by atoms with Crippen LogP contribution in [0.2, 0.25) is 0 Å². The molecule has 2 heteroatoms. The molecule has 1 atom stereocenters. The van der Waals surface area contributed by atoms with Gasteiger partial charge >= 0.3 is 0 Å². The summed E-state index contributed by atoms with van der Waals surface area (Å²) in [6.45, 7) is 4.49. The van der Waals surface area contributed by atoms with Crippen LogP contribution in [0.25, 0.3) is 0 Å². The lowest BCUT2D eigenvalue weighted by atomic mass is 9.95. The average Bonchev–Trinajstić information content (AvgIpc) is 2.26. The van der Waals surface area contributed by atoms with E-state index in [1.165, 1.54) is 5.56 Å². The summed E-state index contributed by atoms with van der Waals surface area (Å²) in [5.41, 5.74) is 2.45. The van der Waals surface area contributed by atoms with Gasteiger partial charge in [-0.25, -0.2) is 0 Å². The van der Waals surface area contributed by atoms with Gasteiger partial charge in [-0.05, 0) is 42.9 Å². The summed E-state index contributed by atoms with van der Waals surface area (Å²) in [7, 11) is 1.70. The highest BCUT2D eigenvalue weighted by atomic mass is 16.5. The monoisotopic (exact) mass is 208 g/mol. The van der Waals surface area contributed by atoms with E-state index in [-0.39, 0.29) is 6.61 Å². The summed E-state index contributed by atoms with van der Waals surface area (Å²) in [5, 5.41) is 8.78. The van der Waals surface area contributed by atoms with Gasteiger partial charge in [-0.2, -0.15) is 0 Å². The number of benzene rings is 1. The molecule has 0 bridgehead atoms. The van der Waals surface area contributed by atoms with Crippen molar-refractivity contribution >= 4 is 0 Å². The van der Waals surface area contributed by atoms with Crippen molar-refractivity contribution in [2.45, 2.75) is 32.6 Å². The summed E-state index contributed by atoms with van der Waals surface area (Å²) in [4.78, 5) is 0. The van der Waals surface area contributed by atoms with Crippen molar-refractivity contribution in [3.63, 3.8) is 0 Å². The highest BCUT2D eigenvalue weighted by Crippen LogP contribution is 2.26. The van der Waals surface area contributed by atoms with E-state index >= 15 is 0 Å². The molecule has 84 valence electrons. The fourth-order valence-corrected chi connectivity index (χ4v) is 1.71. The Kier molecular flexibility index (Phi) is 4.63. The Bertz CT molecular complexity index is 307. The molecule has 2 nitrogen and oxygen atoms in total. The Labute approximate surface area is 91.9 Å². The van der Waals surface area contributed by atoms with Crippen molar-refractivity contribution in [3.05, 3.63) is 29.3 Å². The highest BCUT2D eigenvalue weighted by molar-refractivity contribution is 5.37. The first kappa shape index (κ1) is 12.1. The van der Waals surface area contributed by atoms with E-state index in [1.54, 1.807) is 7.11 Å². The quantitative estimate of drug-likeness (QED) is 0.806. The van der Waals surface area contributed by atoms with Crippen molar-refractivity contribution in [3.8, 4) is 5.75 Å². The molecule has 1 N–H and O–H groups in total. The van der Waals surface area contributed by atoms with Crippen molar-refractivity contribution < 1.29 is 9.84 Å².